The summed E-state index contributed by atoms with van der Waals surface area (Å²) in [5, 5.41) is 5.22. The molecular formula is C34H34N4O4. The Labute approximate surface area is 245 Å². The van der Waals surface area contributed by atoms with Crippen LogP contribution in [0.2, 0.25) is 0 Å². The zero-order valence-corrected chi connectivity index (χ0v) is 23.6. The Morgan fingerprint density at radius 3 is 2.40 bits per heavy atom. The molecule has 2 aliphatic rings. The van der Waals surface area contributed by atoms with Crippen LogP contribution in [-0.2, 0) is 29.1 Å². The summed E-state index contributed by atoms with van der Waals surface area (Å²) in [4.78, 5) is 46.3. The highest BCUT2D eigenvalue weighted by molar-refractivity contribution is 5.92. The number of piperazine rings is 1. The minimum atomic E-state index is -0.703. The quantitative estimate of drug-likeness (QED) is 0.358. The van der Waals surface area contributed by atoms with Gasteiger partial charge in [0.25, 0.3) is 0 Å². The van der Waals surface area contributed by atoms with Gasteiger partial charge in [0.2, 0.25) is 11.8 Å². The van der Waals surface area contributed by atoms with Gasteiger partial charge in [-0.1, -0.05) is 84.9 Å². The summed E-state index contributed by atoms with van der Waals surface area (Å²) in [6.45, 7) is 1.27. The number of fused-ring (bicyclic) bond motifs is 2. The monoisotopic (exact) mass is 562 g/mol. The van der Waals surface area contributed by atoms with Crippen molar-refractivity contribution in [3.63, 3.8) is 0 Å². The zero-order chi connectivity index (χ0) is 29.1. The van der Waals surface area contributed by atoms with Crippen molar-refractivity contribution in [2.24, 2.45) is 0 Å². The third-order valence-corrected chi connectivity index (χ3v) is 8.23. The molecule has 0 radical (unpaired) electrons. The van der Waals surface area contributed by atoms with Crippen LogP contribution in [0.1, 0.15) is 23.1 Å². The number of nitrogens with zero attached hydrogens (tertiary/aromatic N) is 3. The molecule has 4 aromatic carbocycles. The molecule has 0 bridgehead atoms. The first-order valence-corrected chi connectivity index (χ1v) is 14.3. The van der Waals surface area contributed by atoms with E-state index in [-0.39, 0.29) is 30.8 Å². The first-order valence-electron chi connectivity index (χ1n) is 14.3. The van der Waals surface area contributed by atoms with Crippen LogP contribution in [0.3, 0.4) is 0 Å². The van der Waals surface area contributed by atoms with E-state index in [1.165, 1.54) is 0 Å². The number of nitrogens with one attached hydrogen (secondary N) is 1. The Kier molecular flexibility index (Phi) is 7.77. The van der Waals surface area contributed by atoms with E-state index in [2.05, 4.69) is 23.5 Å². The van der Waals surface area contributed by atoms with E-state index in [1.54, 1.807) is 16.9 Å². The van der Waals surface area contributed by atoms with E-state index in [4.69, 9.17) is 4.74 Å². The number of carbonyl (C=O) groups is 3. The van der Waals surface area contributed by atoms with E-state index in [0.29, 0.717) is 26.1 Å². The average Bonchev–Trinajstić information content (AvgIpc) is 3.03. The molecule has 214 valence electrons. The highest BCUT2D eigenvalue weighted by atomic mass is 16.5. The molecule has 8 nitrogen and oxygen atoms in total. The summed E-state index contributed by atoms with van der Waals surface area (Å²) in [6, 6.07) is 30.5. The Balaban J connectivity index is 1.29. The summed E-state index contributed by atoms with van der Waals surface area (Å²) < 4.78 is 5.23. The summed E-state index contributed by atoms with van der Waals surface area (Å²) in [5.74, 6) is 0.549. The van der Waals surface area contributed by atoms with Crippen LogP contribution in [0.5, 0.6) is 5.75 Å². The first kappa shape index (κ1) is 27.3. The van der Waals surface area contributed by atoms with Gasteiger partial charge in [-0.2, -0.15) is 0 Å². The predicted octanol–water partition coefficient (Wildman–Crippen LogP) is 4.57. The molecule has 42 heavy (non-hydrogen) atoms. The second kappa shape index (κ2) is 11.9. The Hall–Kier alpha value is -4.85. The maximum atomic E-state index is 14.1. The lowest BCUT2D eigenvalue weighted by molar-refractivity contribution is -0.167. The Morgan fingerprint density at radius 2 is 1.62 bits per heavy atom. The maximum absolute atomic E-state index is 14.1. The smallest absolute Gasteiger partial charge is 0.319 e. The van der Waals surface area contributed by atoms with E-state index in [0.717, 1.165) is 33.2 Å². The molecule has 0 unspecified atom stereocenters. The van der Waals surface area contributed by atoms with Crippen molar-refractivity contribution >= 4 is 28.6 Å². The molecule has 2 atom stereocenters. The molecule has 0 aliphatic carbocycles. The molecule has 0 aromatic heterocycles. The molecule has 1 N–H and O–H groups in total. The largest absolute Gasteiger partial charge is 0.497 e. The number of carbonyl (C=O) groups excluding carboxylic acids is 3. The number of hydrogen-bond donors (Lipinski definition) is 1. The maximum Gasteiger partial charge on any atom is 0.319 e. The standard InChI is InChI=1S/C34H34N4O4/c1-42-28-16-14-25(15-17-28)21-35-34(41)37-19-18-32(39)38-30(20-24-8-3-2-4-9-24)33(40)36(23-31(37)38)22-27-12-7-11-26-10-5-6-13-29(26)27/h2-17,30-31H,18-23H2,1H3,(H,35,41)/t30-,31+/m0/s1. The van der Waals surface area contributed by atoms with Crippen molar-refractivity contribution in [1.29, 1.82) is 0 Å². The Bertz CT molecular complexity index is 1590. The fourth-order valence-corrected chi connectivity index (χ4v) is 6.06. The molecule has 4 amide bonds. The van der Waals surface area contributed by atoms with Gasteiger partial charge in [0, 0.05) is 32.5 Å². The number of urea groups is 1. The van der Waals surface area contributed by atoms with Crippen LogP contribution in [0.15, 0.2) is 97.1 Å². The number of hydrogen-bond acceptors (Lipinski definition) is 4. The first-order chi connectivity index (χ1) is 20.5. The summed E-state index contributed by atoms with van der Waals surface area (Å²) in [7, 11) is 1.61. The number of ether oxygens (including phenoxy) is 1. The minimum Gasteiger partial charge on any atom is -0.497 e. The van der Waals surface area contributed by atoms with Crippen LogP contribution in [-0.4, -0.2) is 65.0 Å². The molecule has 2 heterocycles. The van der Waals surface area contributed by atoms with Crippen molar-refractivity contribution < 1.29 is 19.1 Å². The fraction of sp³-hybridized carbons (Fsp3) is 0.265. The lowest BCUT2D eigenvalue weighted by atomic mass is 9.96. The predicted molar refractivity (Wildman–Crippen MR) is 160 cm³/mol. The SMILES string of the molecule is COc1ccc(CNC(=O)N2CCC(=O)N3[C@@H]2CN(Cc2cccc4ccccc24)C(=O)[C@@H]3Cc2ccccc2)cc1. The van der Waals surface area contributed by atoms with E-state index >= 15 is 0 Å². The van der Waals surface area contributed by atoms with Gasteiger partial charge in [-0.05, 0) is 39.6 Å². The van der Waals surface area contributed by atoms with E-state index < -0.39 is 12.2 Å². The number of amides is 4. The van der Waals surface area contributed by atoms with Gasteiger partial charge >= 0.3 is 6.03 Å². The third-order valence-electron chi connectivity index (χ3n) is 8.23. The van der Waals surface area contributed by atoms with Gasteiger partial charge in [-0.15, -0.1) is 0 Å². The van der Waals surface area contributed by atoms with Crippen LogP contribution in [0.4, 0.5) is 4.79 Å². The van der Waals surface area contributed by atoms with Crippen molar-refractivity contribution in [3.8, 4) is 5.75 Å². The highest BCUT2D eigenvalue weighted by Gasteiger charge is 2.48. The molecule has 2 fully saturated rings. The molecule has 4 aromatic rings. The van der Waals surface area contributed by atoms with Crippen LogP contribution < -0.4 is 10.1 Å². The molecule has 6 rings (SSSR count). The van der Waals surface area contributed by atoms with Gasteiger partial charge in [-0.3, -0.25) is 9.59 Å². The van der Waals surface area contributed by atoms with Gasteiger partial charge in [0.1, 0.15) is 18.0 Å². The topological polar surface area (TPSA) is 82.2 Å². The minimum absolute atomic E-state index is 0.0988. The highest BCUT2D eigenvalue weighted by Crippen LogP contribution is 2.30. The van der Waals surface area contributed by atoms with Gasteiger partial charge in [0.05, 0.1) is 13.7 Å². The normalized spacial score (nSPS) is 18.6. The number of rotatable bonds is 7. The van der Waals surface area contributed by atoms with Gasteiger partial charge in [0.15, 0.2) is 0 Å². The molecule has 2 aliphatic heterocycles. The number of benzene rings is 4. The van der Waals surface area contributed by atoms with Gasteiger partial charge < -0.3 is 24.8 Å². The van der Waals surface area contributed by atoms with Crippen LogP contribution >= 0.6 is 0 Å². The zero-order valence-electron chi connectivity index (χ0n) is 23.6. The van der Waals surface area contributed by atoms with Crippen molar-refractivity contribution in [1.82, 2.24) is 20.0 Å². The summed E-state index contributed by atoms with van der Waals surface area (Å²) in [6.07, 6.45) is -0.00706. The van der Waals surface area contributed by atoms with Crippen molar-refractivity contribution in [3.05, 3.63) is 114 Å². The van der Waals surface area contributed by atoms with E-state index in [9.17, 15) is 14.4 Å². The molecule has 0 spiro atoms. The van der Waals surface area contributed by atoms with E-state index in [1.807, 2.05) is 83.8 Å². The third kappa shape index (κ3) is 5.52. The number of methoxy groups -OCH3 is 1. The molecule has 0 saturated carbocycles. The lowest BCUT2D eigenvalue weighted by Gasteiger charge is -2.52. The van der Waals surface area contributed by atoms with Crippen LogP contribution in [0.25, 0.3) is 10.8 Å². The fourth-order valence-electron chi connectivity index (χ4n) is 6.06. The second-order valence-electron chi connectivity index (χ2n) is 10.8. The second-order valence-corrected chi connectivity index (χ2v) is 10.8. The van der Waals surface area contributed by atoms with Crippen molar-refractivity contribution in [2.75, 3.05) is 20.2 Å². The lowest BCUT2D eigenvalue weighted by Crippen LogP contribution is -2.72. The average molecular weight is 563 g/mol. The van der Waals surface area contributed by atoms with Gasteiger partial charge in [-0.25, -0.2) is 4.79 Å². The summed E-state index contributed by atoms with van der Waals surface area (Å²) in [5.41, 5.74) is 2.94. The Morgan fingerprint density at radius 1 is 0.881 bits per heavy atom. The molecular weight excluding hydrogens is 528 g/mol. The van der Waals surface area contributed by atoms with Crippen molar-refractivity contribution in [2.45, 2.75) is 38.1 Å². The summed E-state index contributed by atoms with van der Waals surface area (Å²) >= 11 is 0. The van der Waals surface area contributed by atoms with Crippen LogP contribution in [0, 0.1) is 0 Å². The molecule has 8 heteroatoms. The molecule has 2 saturated heterocycles.